The number of carboxylic acids is 1. The summed E-state index contributed by atoms with van der Waals surface area (Å²) in [5, 5.41) is 19.4. The molecule has 3 aromatic rings. The first-order valence-electron chi connectivity index (χ1n) is 11.2. The predicted octanol–water partition coefficient (Wildman–Crippen LogP) is 4.80. The highest BCUT2D eigenvalue weighted by Gasteiger charge is 2.53. The highest BCUT2D eigenvalue weighted by atomic mass is 79.9. The largest absolute Gasteiger partial charge is 0.497 e. The van der Waals surface area contributed by atoms with Crippen molar-refractivity contribution in [3.8, 4) is 11.5 Å². The number of benzene rings is 3. The molecular formula is C27H26BrNO6. The highest BCUT2D eigenvalue weighted by molar-refractivity contribution is 9.10. The zero-order valence-corrected chi connectivity index (χ0v) is 20.8. The summed E-state index contributed by atoms with van der Waals surface area (Å²) in [5.74, 6) is 0.419. The van der Waals surface area contributed by atoms with Crippen molar-refractivity contribution in [3.05, 3.63) is 94.0 Å². The molecule has 0 saturated heterocycles. The number of rotatable bonds is 10. The van der Waals surface area contributed by atoms with Gasteiger partial charge in [-0.05, 0) is 59.7 Å². The lowest BCUT2D eigenvalue weighted by Gasteiger charge is -2.28. The zero-order chi connectivity index (χ0) is 24.8. The average molecular weight is 540 g/mol. The molecule has 182 valence electrons. The van der Waals surface area contributed by atoms with Gasteiger partial charge in [0.25, 0.3) is 0 Å². The molecule has 2 N–H and O–H groups in total. The number of hydrogen-bond donors (Lipinski definition) is 2. The van der Waals surface area contributed by atoms with Gasteiger partial charge in [0.15, 0.2) is 6.10 Å². The van der Waals surface area contributed by atoms with E-state index >= 15 is 0 Å². The number of aliphatic imine (C=N–C) groups is 1. The van der Waals surface area contributed by atoms with Crippen molar-refractivity contribution in [2.75, 3.05) is 20.3 Å². The minimum atomic E-state index is -1.58. The molecule has 0 saturated carbocycles. The smallest absolute Gasteiger partial charge is 0.336 e. The van der Waals surface area contributed by atoms with Crippen LogP contribution in [0.1, 0.15) is 29.2 Å². The third-order valence-corrected chi connectivity index (χ3v) is 6.32. The summed E-state index contributed by atoms with van der Waals surface area (Å²) in [6.07, 6.45) is -0.186. The molecule has 0 fully saturated rings. The van der Waals surface area contributed by atoms with E-state index in [2.05, 4.69) is 15.9 Å². The minimum Gasteiger partial charge on any atom is -0.497 e. The summed E-state index contributed by atoms with van der Waals surface area (Å²) in [4.78, 5) is 17.5. The number of halogens is 1. The van der Waals surface area contributed by atoms with Gasteiger partial charge in [-0.2, -0.15) is 0 Å². The Morgan fingerprint density at radius 1 is 1.09 bits per heavy atom. The average Bonchev–Trinajstić information content (AvgIpc) is 3.27. The Kier molecular flexibility index (Phi) is 7.73. The fourth-order valence-electron chi connectivity index (χ4n) is 3.99. The number of carboxylic acid groups (broad SMARTS) is 1. The minimum absolute atomic E-state index is 0.0596. The van der Waals surface area contributed by atoms with E-state index in [0.29, 0.717) is 35.7 Å². The quantitative estimate of drug-likeness (QED) is 0.359. The second-order valence-electron chi connectivity index (χ2n) is 8.17. The number of hydrogen-bond acceptors (Lipinski definition) is 6. The number of ether oxygens (including phenoxy) is 3. The van der Waals surface area contributed by atoms with Crippen LogP contribution < -0.4 is 9.47 Å². The molecule has 7 nitrogen and oxygen atoms in total. The molecule has 0 spiro atoms. The summed E-state index contributed by atoms with van der Waals surface area (Å²) in [6.45, 7) is 0.463. The third-order valence-electron chi connectivity index (χ3n) is 5.79. The van der Waals surface area contributed by atoms with Gasteiger partial charge in [0.1, 0.15) is 11.5 Å². The first-order valence-corrected chi connectivity index (χ1v) is 12.0. The van der Waals surface area contributed by atoms with E-state index in [1.165, 1.54) is 0 Å². The number of aliphatic carboxylic acids is 1. The molecule has 3 aromatic carbocycles. The lowest BCUT2D eigenvalue weighted by molar-refractivity contribution is -0.146. The lowest BCUT2D eigenvalue weighted by Crippen LogP contribution is -2.43. The second-order valence-corrected chi connectivity index (χ2v) is 9.09. The molecule has 1 aliphatic heterocycles. The van der Waals surface area contributed by atoms with Gasteiger partial charge < -0.3 is 24.4 Å². The van der Waals surface area contributed by atoms with Crippen LogP contribution in [0.3, 0.4) is 0 Å². The van der Waals surface area contributed by atoms with E-state index in [-0.39, 0.29) is 18.9 Å². The van der Waals surface area contributed by atoms with Crippen molar-refractivity contribution in [2.45, 2.75) is 24.5 Å². The van der Waals surface area contributed by atoms with Crippen molar-refractivity contribution in [2.24, 2.45) is 4.99 Å². The maximum absolute atomic E-state index is 12.8. The van der Waals surface area contributed by atoms with Crippen LogP contribution in [0, 0.1) is 0 Å². The normalized spacial score (nSPS) is 19.1. The molecule has 1 aliphatic rings. The van der Waals surface area contributed by atoms with Gasteiger partial charge in [-0.3, -0.25) is 0 Å². The van der Waals surface area contributed by atoms with Gasteiger partial charge in [0.05, 0.1) is 13.7 Å². The second kappa shape index (κ2) is 10.9. The fraction of sp³-hybridized carbons (Fsp3) is 0.259. The van der Waals surface area contributed by atoms with Gasteiger partial charge >= 0.3 is 5.97 Å². The molecule has 2 atom stereocenters. The summed E-state index contributed by atoms with van der Waals surface area (Å²) in [5.41, 5.74) is 0.550. The van der Waals surface area contributed by atoms with Crippen LogP contribution in [-0.4, -0.2) is 47.9 Å². The monoisotopic (exact) mass is 539 g/mol. The summed E-state index contributed by atoms with van der Waals surface area (Å²) in [7, 11) is 1.56. The predicted molar refractivity (Wildman–Crippen MR) is 135 cm³/mol. The molecule has 4 rings (SSSR count). The molecule has 0 aliphatic carbocycles. The number of aliphatic hydroxyl groups is 1. The number of aliphatic hydroxyl groups excluding tert-OH is 1. The number of nitrogens with zero attached hydrogens (tertiary/aromatic N) is 1. The van der Waals surface area contributed by atoms with Crippen LogP contribution in [0.25, 0.3) is 0 Å². The van der Waals surface area contributed by atoms with Crippen LogP contribution in [0.5, 0.6) is 11.5 Å². The Balaban J connectivity index is 1.73. The zero-order valence-electron chi connectivity index (χ0n) is 19.2. The van der Waals surface area contributed by atoms with Crippen LogP contribution in [0.15, 0.2) is 82.3 Å². The Bertz CT molecular complexity index is 1200. The molecular weight excluding hydrogens is 514 g/mol. The molecule has 0 radical (unpaired) electrons. The van der Waals surface area contributed by atoms with E-state index < -0.39 is 17.6 Å². The van der Waals surface area contributed by atoms with Gasteiger partial charge in [-0.15, -0.1) is 0 Å². The Morgan fingerprint density at radius 2 is 1.83 bits per heavy atom. The SMILES string of the molecule is COc1cccc([C@H]2OC(c3ccc(OCCCO)cc3)=N[C@@]2(Cc2ccc(Br)cc2)C(=O)O)c1. The van der Waals surface area contributed by atoms with Crippen molar-refractivity contribution in [3.63, 3.8) is 0 Å². The van der Waals surface area contributed by atoms with Crippen LogP contribution in [0.2, 0.25) is 0 Å². The van der Waals surface area contributed by atoms with Crippen LogP contribution >= 0.6 is 15.9 Å². The van der Waals surface area contributed by atoms with Gasteiger partial charge in [0, 0.05) is 29.5 Å². The van der Waals surface area contributed by atoms with Crippen molar-refractivity contribution >= 4 is 27.8 Å². The molecule has 1 heterocycles. The standard InChI is InChI=1S/C27H26BrNO6/c1-33-23-5-2-4-20(16-23)24-27(26(31)32,17-18-6-10-21(28)11-7-18)29-25(35-24)19-8-12-22(13-9-19)34-15-3-14-30/h2,4-13,16,24,30H,3,14-15,17H2,1H3,(H,31,32)/t24-,27-/m1/s1. The Morgan fingerprint density at radius 3 is 2.49 bits per heavy atom. The van der Waals surface area contributed by atoms with Crippen molar-refractivity contribution in [1.29, 1.82) is 0 Å². The molecule has 35 heavy (non-hydrogen) atoms. The van der Waals surface area contributed by atoms with Crippen LogP contribution in [0.4, 0.5) is 0 Å². The highest BCUT2D eigenvalue weighted by Crippen LogP contribution is 2.43. The van der Waals surface area contributed by atoms with E-state index in [4.69, 9.17) is 24.3 Å². The van der Waals surface area contributed by atoms with E-state index in [9.17, 15) is 9.90 Å². The molecule has 0 aromatic heterocycles. The van der Waals surface area contributed by atoms with Crippen LogP contribution in [-0.2, 0) is 16.0 Å². The Hall–Kier alpha value is -3.36. The maximum atomic E-state index is 12.8. The lowest BCUT2D eigenvalue weighted by atomic mass is 9.83. The number of carbonyl (C=O) groups is 1. The molecule has 0 amide bonds. The maximum Gasteiger partial charge on any atom is 0.336 e. The topological polar surface area (TPSA) is 97.6 Å². The first-order chi connectivity index (χ1) is 16.9. The Labute approximate surface area is 212 Å². The van der Waals surface area contributed by atoms with Gasteiger partial charge in [0.2, 0.25) is 11.4 Å². The van der Waals surface area contributed by atoms with Gasteiger partial charge in [-0.1, -0.05) is 40.2 Å². The van der Waals surface area contributed by atoms with E-state index in [0.717, 1.165) is 10.0 Å². The van der Waals surface area contributed by atoms with E-state index in [1.54, 1.807) is 49.6 Å². The first kappa shape index (κ1) is 24.8. The van der Waals surface area contributed by atoms with E-state index in [1.807, 2.05) is 30.3 Å². The summed E-state index contributed by atoms with van der Waals surface area (Å²) in [6, 6.07) is 21.8. The summed E-state index contributed by atoms with van der Waals surface area (Å²) < 4.78 is 18.1. The van der Waals surface area contributed by atoms with Crippen molar-refractivity contribution < 1.29 is 29.2 Å². The molecule has 0 bridgehead atoms. The third kappa shape index (κ3) is 5.49. The summed E-state index contributed by atoms with van der Waals surface area (Å²) >= 11 is 3.43. The number of methoxy groups -OCH3 is 1. The fourth-order valence-corrected chi connectivity index (χ4v) is 4.25. The molecule has 0 unspecified atom stereocenters. The van der Waals surface area contributed by atoms with Crippen molar-refractivity contribution in [1.82, 2.24) is 0 Å². The molecule has 8 heteroatoms. The van der Waals surface area contributed by atoms with Gasteiger partial charge in [-0.25, -0.2) is 9.79 Å².